The molecule has 0 aromatic heterocycles. The maximum atomic E-state index is 12.2. The lowest BCUT2D eigenvalue weighted by molar-refractivity contribution is 0.0696. The van der Waals surface area contributed by atoms with Crippen LogP contribution in [0.5, 0.6) is 0 Å². The van der Waals surface area contributed by atoms with E-state index < -0.39 is 15.8 Å². The number of benzene rings is 1. The van der Waals surface area contributed by atoms with E-state index in [2.05, 4.69) is 4.90 Å². The standard InChI is InChI=1S/C15H17NO4S/c17-15(18)12-5-4-6-13-14(12)11(10-21(13,19)20)9-16-7-2-1-3-8-16/h4-6,10H,1-3,7-9H2,(H,17,18). The highest BCUT2D eigenvalue weighted by Gasteiger charge is 2.31. The van der Waals surface area contributed by atoms with Gasteiger partial charge in [-0.1, -0.05) is 12.5 Å². The van der Waals surface area contributed by atoms with Crippen LogP contribution in [0.15, 0.2) is 28.5 Å². The van der Waals surface area contributed by atoms with Gasteiger partial charge in [-0.3, -0.25) is 4.90 Å². The first-order valence-corrected chi connectivity index (χ1v) is 8.58. The topological polar surface area (TPSA) is 74.7 Å². The van der Waals surface area contributed by atoms with E-state index in [1.54, 1.807) is 0 Å². The molecule has 0 atom stereocenters. The van der Waals surface area contributed by atoms with Crippen LogP contribution >= 0.6 is 0 Å². The zero-order valence-electron chi connectivity index (χ0n) is 11.6. The number of nitrogens with zero attached hydrogens (tertiary/aromatic N) is 1. The minimum Gasteiger partial charge on any atom is -0.478 e. The Labute approximate surface area is 123 Å². The first kappa shape index (κ1) is 14.3. The smallest absolute Gasteiger partial charge is 0.336 e. The molecule has 1 N–H and O–H groups in total. The molecule has 21 heavy (non-hydrogen) atoms. The molecule has 1 fully saturated rings. The minimum atomic E-state index is -3.51. The Bertz CT molecular complexity index is 715. The van der Waals surface area contributed by atoms with Crippen molar-refractivity contribution in [2.75, 3.05) is 19.6 Å². The SMILES string of the molecule is O=C(O)c1cccc2c1C(CN1CCCCC1)=CS2(=O)=O. The van der Waals surface area contributed by atoms with Crippen molar-refractivity contribution in [2.24, 2.45) is 0 Å². The number of carbonyl (C=O) groups is 1. The zero-order valence-corrected chi connectivity index (χ0v) is 12.4. The molecule has 112 valence electrons. The molecule has 3 rings (SSSR count). The van der Waals surface area contributed by atoms with E-state index in [0.29, 0.717) is 17.7 Å². The summed E-state index contributed by atoms with van der Waals surface area (Å²) in [6.07, 6.45) is 3.41. The Balaban J connectivity index is 2.02. The molecule has 0 unspecified atom stereocenters. The molecule has 0 bridgehead atoms. The molecule has 0 saturated carbocycles. The summed E-state index contributed by atoms with van der Waals surface area (Å²) in [5.41, 5.74) is 1.04. The van der Waals surface area contributed by atoms with Gasteiger partial charge in [0, 0.05) is 17.5 Å². The van der Waals surface area contributed by atoms with E-state index in [0.717, 1.165) is 25.9 Å². The minimum absolute atomic E-state index is 0.0665. The van der Waals surface area contributed by atoms with Crippen molar-refractivity contribution in [1.29, 1.82) is 0 Å². The van der Waals surface area contributed by atoms with Gasteiger partial charge in [-0.2, -0.15) is 0 Å². The number of rotatable bonds is 3. The number of fused-ring (bicyclic) bond motifs is 1. The lowest BCUT2D eigenvalue weighted by Crippen LogP contribution is -2.31. The van der Waals surface area contributed by atoms with Gasteiger partial charge in [-0.05, 0) is 43.6 Å². The van der Waals surface area contributed by atoms with Gasteiger partial charge in [0.2, 0.25) is 9.84 Å². The summed E-state index contributed by atoms with van der Waals surface area (Å²) < 4.78 is 24.4. The van der Waals surface area contributed by atoms with E-state index in [-0.39, 0.29) is 10.5 Å². The molecule has 2 aliphatic heterocycles. The fraction of sp³-hybridized carbons (Fsp3) is 0.400. The Morgan fingerprint density at radius 2 is 1.90 bits per heavy atom. The van der Waals surface area contributed by atoms with E-state index >= 15 is 0 Å². The first-order valence-electron chi connectivity index (χ1n) is 7.04. The highest BCUT2D eigenvalue weighted by molar-refractivity contribution is 7.95. The van der Waals surface area contributed by atoms with Gasteiger partial charge in [0.05, 0.1) is 10.5 Å². The van der Waals surface area contributed by atoms with Crippen molar-refractivity contribution in [3.63, 3.8) is 0 Å². The van der Waals surface area contributed by atoms with Gasteiger partial charge in [0.1, 0.15) is 0 Å². The van der Waals surface area contributed by atoms with Gasteiger partial charge in [-0.15, -0.1) is 0 Å². The number of aromatic carboxylic acids is 1. The van der Waals surface area contributed by atoms with Crippen LogP contribution in [0.1, 0.15) is 35.2 Å². The van der Waals surface area contributed by atoms with Crippen LogP contribution in [-0.2, 0) is 9.84 Å². The van der Waals surface area contributed by atoms with Gasteiger partial charge >= 0.3 is 5.97 Å². The molecule has 2 heterocycles. The summed E-state index contributed by atoms with van der Waals surface area (Å²) in [5, 5.41) is 10.5. The summed E-state index contributed by atoms with van der Waals surface area (Å²) in [7, 11) is -3.51. The number of hydrogen-bond donors (Lipinski definition) is 1. The van der Waals surface area contributed by atoms with Gasteiger partial charge < -0.3 is 5.11 Å². The number of likely N-dealkylation sites (tertiary alicyclic amines) is 1. The van der Waals surface area contributed by atoms with Crippen molar-refractivity contribution in [3.05, 3.63) is 34.7 Å². The molecule has 0 aliphatic carbocycles. The molecule has 0 amide bonds. The molecule has 1 aromatic rings. The number of sulfone groups is 1. The highest BCUT2D eigenvalue weighted by Crippen LogP contribution is 2.36. The Morgan fingerprint density at radius 3 is 2.57 bits per heavy atom. The third-order valence-electron chi connectivity index (χ3n) is 4.02. The predicted molar refractivity (Wildman–Crippen MR) is 78.9 cm³/mol. The second-order valence-corrected chi connectivity index (χ2v) is 7.27. The third-order valence-corrected chi connectivity index (χ3v) is 5.57. The largest absolute Gasteiger partial charge is 0.478 e. The summed E-state index contributed by atoms with van der Waals surface area (Å²) in [6.45, 7) is 2.36. The summed E-state index contributed by atoms with van der Waals surface area (Å²) in [5.74, 6) is -1.09. The van der Waals surface area contributed by atoms with E-state index in [4.69, 9.17) is 0 Å². The second kappa shape index (κ2) is 5.27. The lowest BCUT2D eigenvalue weighted by atomic mass is 9.99. The number of hydrogen-bond acceptors (Lipinski definition) is 4. The molecular weight excluding hydrogens is 290 g/mol. The van der Waals surface area contributed by atoms with Gasteiger partial charge in [0.15, 0.2) is 0 Å². The summed E-state index contributed by atoms with van der Waals surface area (Å²) >= 11 is 0. The number of carboxylic acids is 1. The van der Waals surface area contributed by atoms with E-state index in [9.17, 15) is 18.3 Å². The van der Waals surface area contributed by atoms with Crippen LogP contribution in [0.2, 0.25) is 0 Å². The second-order valence-electron chi connectivity index (χ2n) is 5.51. The monoisotopic (exact) mass is 307 g/mol. The maximum Gasteiger partial charge on any atom is 0.336 e. The third kappa shape index (κ3) is 2.61. The normalized spacial score (nSPS) is 20.9. The molecule has 0 spiro atoms. The highest BCUT2D eigenvalue weighted by atomic mass is 32.2. The van der Waals surface area contributed by atoms with Gasteiger partial charge in [-0.25, -0.2) is 13.2 Å². The lowest BCUT2D eigenvalue weighted by Gasteiger charge is -2.27. The fourth-order valence-corrected chi connectivity index (χ4v) is 4.55. The van der Waals surface area contributed by atoms with Crippen molar-refractivity contribution < 1.29 is 18.3 Å². The van der Waals surface area contributed by atoms with Crippen molar-refractivity contribution in [2.45, 2.75) is 24.2 Å². The molecule has 6 heteroatoms. The number of piperidine rings is 1. The van der Waals surface area contributed by atoms with Crippen LogP contribution in [0.4, 0.5) is 0 Å². The Hall–Kier alpha value is -1.66. The summed E-state index contributed by atoms with van der Waals surface area (Å²) in [4.78, 5) is 13.7. The fourth-order valence-electron chi connectivity index (χ4n) is 3.06. The van der Waals surface area contributed by atoms with Crippen LogP contribution in [-0.4, -0.2) is 44.0 Å². The van der Waals surface area contributed by atoms with Crippen LogP contribution < -0.4 is 0 Å². The number of carboxylic acid groups (broad SMARTS) is 1. The summed E-state index contributed by atoms with van der Waals surface area (Å²) in [6, 6.07) is 4.43. The molecule has 5 nitrogen and oxygen atoms in total. The molecular formula is C15H17NO4S. The molecule has 0 radical (unpaired) electrons. The van der Waals surface area contributed by atoms with Crippen LogP contribution in [0.25, 0.3) is 5.57 Å². The van der Waals surface area contributed by atoms with Crippen molar-refractivity contribution >= 4 is 21.4 Å². The van der Waals surface area contributed by atoms with Crippen LogP contribution in [0, 0.1) is 0 Å². The van der Waals surface area contributed by atoms with Crippen molar-refractivity contribution in [1.82, 2.24) is 4.90 Å². The predicted octanol–water partition coefficient (Wildman–Crippen LogP) is 2.00. The first-order chi connectivity index (χ1) is 9.99. The average Bonchev–Trinajstić information content (AvgIpc) is 2.71. The quantitative estimate of drug-likeness (QED) is 0.924. The van der Waals surface area contributed by atoms with E-state index in [1.807, 2.05) is 0 Å². The Kier molecular flexibility index (Phi) is 3.59. The molecule has 2 aliphatic rings. The van der Waals surface area contributed by atoms with Crippen molar-refractivity contribution in [3.8, 4) is 0 Å². The van der Waals surface area contributed by atoms with E-state index in [1.165, 1.54) is 30.0 Å². The van der Waals surface area contributed by atoms with Crippen LogP contribution in [0.3, 0.4) is 0 Å². The molecule has 1 saturated heterocycles. The Morgan fingerprint density at radius 1 is 1.19 bits per heavy atom. The zero-order chi connectivity index (χ0) is 15.0. The maximum absolute atomic E-state index is 12.2. The molecule has 1 aromatic carbocycles. The van der Waals surface area contributed by atoms with Gasteiger partial charge in [0.25, 0.3) is 0 Å². The average molecular weight is 307 g/mol.